The molecule has 4 aliphatic rings. The molecule has 2 aliphatic carbocycles. The number of hydrogen-bond donors (Lipinski definition) is 2. The van der Waals surface area contributed by atoms with E-state index in [4.69, 9.17) is 16.3 Å². The number of nitrogens with zero attached hydrogens (tertiary/aromatic N) is 2. The van der Waals surface area contributed by atoms with Gasteiger partial charge in [0.25, 0.3) is 5.91 Å². The highest BCUT2D eigenvalue weighted by Crippen LogP contribution is 2.44. The number of aromatic nitrogens is 1. The van der Waals surface area contributed by atoms with E-state index in [1.165, 1.54) is 0 Å². The standard InChI is InChI=1S/C21H21ClF2N4O2/c1-28-16-5-4-12(26-15-6-7-25-9-14(15)22)8-13(16)17-18(20(28)29)30-10-21(23,24)19(27-17)11-2-3-11/h4,6-9,11,16,19,27H,2-3,5,10H2,1H3,(H,25,26)/t16?,19-/m0/s1. The molecule has 2 aliphatic heterocycles. The van der Waals surface area contributed by atoms with E-state index in [-0.39, 0.29) is 23.6 Å². The van der Waals surface area contributed by atoms with Gasteiger partial charge in [-0.05, 0) is 37.3 Å². The normalized spacial score (nSPS) is 27.7. The topological polar surface area (TPSA) is 66.5 Å². The second-order valence-electron chi connectivity index (χ2n) is 8.12. The molecule has 3 heterocycles. The molecular weight excluding hydrogens is 414 g/mol. The molecule has 158 valence electrons. The molecule has 6 nitrogen and oxygen atoms in total. The van der Waals surface area contributed by atoms with Crippen molar-refractivity contribution < 1.29 is 18.3 Å². The van der Waals surface area contributed by atoms with Gasteiger partial charge in [-0.25, -0.2) is 8.78 Å². The van der Waals surface area contributed by atoms with E-state index in [1.807, 2.05) is 12.2 Å². The SMILES string of the molecule is CN1C(=O)C2=C(N[C@@H](C3CC3)C(F)(F)CO2)C2=CC(Nc3ccncc3Cl)=CCC21. The van der Waals surface area contributed by atoms with E-state index in [1.54, 1.807) is 30.4 Å². The van der Waals surface area contributed by atoms with E-state index >= 15 is 0 Å². The fraction of sp³-hybridized carbons (Fsp3) is 0.429. The molecule has 9 heteroatoms. The number of alkyl halides is 2. The maximum atomic E-state index is 14.7. The molecule has 1 aromatic heterocycles. The van der Waals surface area contributed by atoms with Gasteiger partial charge in [-0.1, -0.05) is 17.7 Å². The molecule has 5 rings (SSSR count). The van der Waals surface area contributed by atoms with Crippen LogP contribution in [0.25, 0.3) is 0 Å². The van der Waals surface area contributed by atoms with Gasteiger partial charge in [-0.3, -0.25) is 9.78 Å². The van der Waals surface area contributed by atoms with Crippen molar-refractivity contribution in [1.82, 2.24) is 15.2 Å². The third-order valence-electron chi connectivity index (χ3n) is 6.04. The first kappa shape index (κ1) is 19.4. The number of pyridine rings is 1. The summed E-state index contributed by atoms with van der Waals surface area (Å²) >= 11 is 6.20. The average Bonchev–Trinajstić information content (AvgIpc) is 3.55. The van der Waals surface area contributed by atoms with Gasteiger partial charge in [0.15, 0.2) is 6.61 Å². The third kappa shape index (κ3) is 3.23. The molecule has 0 spiro atoms. The van der Waals surface area contributed by atoms with Gasteiger partial charge in [0.2, 0.25) is 5.76 Å². The lowest BCUT2D eigenvalue weighted by Crippen LogP contribution is -2.50. The quantitative estimate of drug-likeness (QED) is 0.762. The Hall–Kier alpha value is -2.61. The Morgan fingerprint density at radius 1 is 1.40 bits per heavy atom. The number of anilines is 1. The van der Waals surface area contributed by atoms with Gasteiger partial charge in [0.1, 0.15) is 0 Å². The van der Waals surface area contributed by atoms with Crippen molar-refractivity contribution in [3.63, 3.8) is 0 Å². The highest BCUT2D eigenvalue weighted by molar-refractivity contribution is 6.33. The molecule has 0 radical (unpaired) electrons. The Morgan fingerprint density at radius 3 is 2.93 bits per heavy atom. The number of nitrogens with one attached hydrogen (secondary N) is 2. The highest BCUT2D eigenvalue weighted by atomic mass is 35.5. The largest absolute Gasteiger partial charge is 0.480 e. The summed E-state index contributed by atoms with van der Waals surface area (Å²) in [7, 11) is 1.67. The Kier molecular flexibility index (Phi) is 4.50. The lowest BCUT2D eigenvalue weighted by Gasteiger charge is -2.38. The van der Waals surface area contributed by atoms with Crippen molar-refractivity contribution >= 4 is 23.2 Å². The van der Waals surface area contributed by atoms with Crippen LogP contribution in [0, 0.1) is 5.92 Å². The molecule has 1 aromatic rings. The maximum absolute atomic E-state index is 14.7. The Morgan fingerprint density at radius 2 is 2.20 bits per heavy atom. The van der Waals surface area contributed by atoms with Crippen LogP contribution in [0.1, 0.15) is 19.3 Å². The van der Waals surface area contributed by atoms with Crippen LogP contribution in [0.3, 0.4) is 0 Å². The molecule has 0 aromatic carbocycles. The predicted octanol–water partition coefficient (Wildman–Crippen LogP) is 3.45. The number of amides is 1. The van der Waals surface area contributed by atoms with Crippen molar-refractivity contribution in [2.24, 2.45) is 5.92 Å². The van der Waals surface area contributed by atoms with E-state index in [2.05, 4.69) is 15.6 Å². The van der Waals surface area contributed by atoms with E-state index in [0.29, 0.717) is 22.8 Å². The van der Waals surface area contributed by atoms with Crippen molar-refractivity contribution in [3.05, 3.63) is 58.4 Å². The lowest BCUT2D eigenvalue weighted by molar-refractivity contribution is -0.134. The van der Waals surface area contributed by atoms with Crippen LogP contribution >= 0.6 is 11.6 Å². The molecule has 2 N–H and O–H groups in total. The number of fused-ring (bicyclic) bond motifs is 2. The number of rotatable bonds is 3. The molecule has 1 fully saturated rings. The Labute approximate surface area is 177 Å². The summed E-state index contributed by atoms with van der Waals surface area (Å²) in [6.07, 6.45) is 9.04. The zero-order valence-corrected chi connectivity index (χ0v) is 17.0. The number of likely N-dealkylation sites (N-methyl/N-ethyl adjacent to an activating group) is 1. The summed E-state index contributed by atoms with van der Waals surface area (Å²) in [4.78, 5) is 18.4. The number of allylic oxidation sites excluding steroid dienone is 1. The van der Waals surface area contributed by atoms with E-state index in [9.17, 15) is 13.6 Å². The van der Waals surface area contributed by atoms with Crippen LogP contribution in [0.2, 0.25) is 5.02 Å². The van der Waals surface area contributed by atoms with Crippen molar-refractivity contribution in [2.45, 2.75) is 37.3 Å². The van der Waals surface area contributed by atoms with E-state index in [0.717, 1.165) is 24.1 Å². The van der Waals surface area contributed by atoms with Crippen molar-refractivity contribution in [2.75, 3.05) is 19.0 Å². The molecule has 0 bridgehead atoms. The van der Waals surface area contributed by atoms with Crippen molar-refractivity contribution in [3.8, 4) is 0 Å². The fourth-order valence-corrected chi connectivity index (χ4v) is 4.41. The van der Waals surface area contributed by atoms with Crippen LogP contribution in [0.15, 0.2) is 53.3 Å². The van der Waals surface area contributed by atoms with Crippen LogP contribution < -0.4 is 10.6 Å². The Balaban J connectivity index is 1.52. The molecule has 1 saturated carbocycles. The first-order chi connectivity index (χ1) is 14.3. The molecule has 1 unspecified atom stereocenters. The van der Waals surface area contributed by atoms with Crippen molar-refractivity contribution in [1.29, 1.82) is 0 Å². The zero-order valence-electron chi connectivity index (χ0n) is 16.3. The molecule has 30 heavy (non-hydrogen) atoms. The van der Waals surface area contributed by atoms with Gasteiger partial charge < -0.3 is 20.3 Å². The Bertz CT molecular complexity index is 1000. The summed E-state index contributed by atoms with van der Waals surface area (Å²) in [6.45, 7) is -0.800. The number of ether oxygens (including phenoxy) is 1. The summed E-state index contributed by atoms with van der Waals surface area (Å²) in [6, 6.07) is 0.461. The highest BCUT2D eigenvalue weighted by Gasteiger charge is 2.53. The minimum absolute atomic E-state index is 0.0361. The second-order valence-corrected chi connectivity index (χ2v) is 8.53. The molecule has 1 amide bonds. The predicted molar refractivity (Wildman–Crippen MR) is 108 cm³/mol. The monoisotopic (exact) mass is 434 g/mol. The third-order valence-corrected chi connectivity index (χ3v) is 6.34. The second kappa shape index (κ2) is 6.97. The number of carbonyl (C=O) groups is 1. The molecular formula is C21H21ClF2N4O2. The van der Waals surface area contributed by atoms with Gasteiger partial charge in [0, 0.05) is 30.7 Å². The van der Waals surface area contributed by atoms with E-state index < -0.39 is 18.6 Å². The minimum Gasteiger partial charge on any atom is -0.480 e. The molecule has 0 saturated heterocycles. The van der Waals surface area contributed by atoms with Gasteiger partial charge in [-0.15, -0.1) is 0 Å². The number of hydrogen-bond acceptors (Lipinski definition) is 5. The molecule has 2 atom stereocenters. The van der Waals surface area contributed by atoms with Crippen LogP contribution in [-0.2, 0) is 9.53 Å². The number of carbonyl (C=O) groups excluding carboxylic acids is 1. The minimum atomic E-state index is -3.05. The summed E-state index contributed by atoms with van der Waals surface area (Å²) in [5.41, 5.74) is 2.59. The average molecular weight is 435 g/mol. The van der Waals surface area contributed by atoms with Gasteiger partial charge in [0.05, 0.1) is 28.5 Å². The summed E-state index contributed by atoms with van der Waals surface area (Å²) in [5.74, 6) is -3.58. The van der Waals surface area contributed by atoms with Gasteiger partial charge >= 0.3 is 5.92 Å². The summed E-state index contributed by atoms with van der Waals surface area (Å²) in [5, 5.41) is 6.74. The first-order valence-corrected chi connectivity index (χ1v) is 10.3. The van der Waals surface area contributed by atoms with Crippen LogP contribution in [0.4, 0.5) is 14.5 Å². The summed E-state index contributed by atoms with van der Waals surface area (Å²) < 4.78 is 34.8. The van der Waals surface area contributed by atoms with Gasteiger partial charge in [-0.2, -0.15) is 0 Å². The smallest absolute Gasteiger partial charge is 0.301 e. The zero-order chi connectivity index (χ0) is 21.0. The lowest BCUT2D eigenvalue weighted by atomic mass is 9.89. The van der Waals surface area contributed by atoms with Crippen LogP contribution in [-0.4, -0.2) is 47.5 Å². The van der Waals surface area contributed by atoms with Crippen LogP contribution in [0.5, 0.6) is 0 Å². The number of halogens is 3. The fourth-order valence-electron chi connectivity index (χ4n) is 4.25. The first-order valence-electron chi connectivity index (χ1n) is 9.92. The maximum Gasteiger partial charge on any atom is 0.301 e.